The van der Waals surface area contributed by atoms with Crippen molar-refractivity contribution in [1.29, 1.82) is 0 Å². The molecular weight excluding hydrogens is 201 g/mol. The molecule has 15 heavy (non-hydrogen) atoms. The van der Waals surface area contributed by atoms with E-state index in [2.05, 4.69) is 42.3 Å². The van der Waals surface area contributed by atoms with Crippen LogP contribution < -0.4 is 0 Å². The second kappa shape index (κ2) is 6.98. The van der Waals surface area contributed by atoms with E-state index in [0.717, 1.165) is 0 Å². The van der Waals surface area contributed by atoms with E-state index in [9.17, 15) is 0 Å². The topological polar surface area (TPSA) is 3.24 Å². The van der Waals surface area contributed by atoms with Gasteiger partial charge in [-0.05, 0) is 24.9 Å². The summed E-state index contributed by atoms with van der Waals surface area (Å²) in [7, 11) is 2.49. The number of hydrogen-bond acceptors (Lipinski definition) is 1. The van der Waals surface area contributed by atoms with Crippen molar-refractivity contribution in [3.05, 3.63) is 35.9 Å². The summed E-state index contributed by atoms with van der Waals surface area (Å²) in [6.07, 6.45) is 4.09. The summed E-state index contributed by atoms with van der Waals surface area (Å²) in [5.74, 6) is 0. The minimum Gasteiger partial charge on any atom is -0.302 e. The maximum Gasteiger partial charge on any atom is 0.0184 e. The van der Waals surface area contributed by atoms with E-state index in [-0.39, 0.29) is 7.92 Å². The van der Waals surface area contributed by atoms with Gasteiger partial charge in [0.05, 0.1) is 0 Å². The Bertz CT molecular complexity index is 260. The van der Waals surface area contributed by atoms with Crippen LogP contribution in [0.5, 0.6) is 0 Å². The molecule has 1 aliphatic rings. The summed E-state index contributed by atoms with van der Waals surface area (Å²) in [6, 6.07) is 10.9. The first-order valence-electron chi connectivity index (χ1n) is 5.79. The Hall–Kier alpha value is -0.390. The molecule has 0 unspecified atom stereocenters. The third kappa shape index (κ3) is 4.32. The highest BCUT2D eigenvalue weighted by atomic mass is 31.1. The molecule has 1 aromatic carbocycles. The van der Waals surface area contributed by atoms with E-state index in [1.807, 2.05) is 13.8 Å². The Labute approximate surface area is 95.2 Å². The maximum absolute atomic E-state index is 2.45. The summed E-state index contributed by atoms with van der Waals surface area (Å²) in [6.45, 7) is 5.30. The van der Waals surface area contributed by atoms with Gasteiger partial charge in [0.2, 0.25) is 0 Å². The first-order chi connectivity index (χ1) is 7.34. The Morgan fingerprint density at radius 2 is 1.87 bits per heavy atom. The van der Waals surface area contributed by atoms with Crippen LogP contribution >= 0.6 is 7.92 Å². The fourth-order valence-electron chi connectivity index (χ4n) is 1.77. The quantitative estimate of drug-likeness (QED) is 0.692. The van der Waals surface area contributed by atoms with E-state index in [0.29, 0.717) is 0 Å². The number of hydrogen-bond donors (Lipinski definition) is 0. The smallest absolute Gasteiger partial charge is 0.0184 e. The molecule has 0 amide bonds. The third-order valence-corrected chi connectivity index (χ3v) is 5.02. The standard InChI is InChI=1S/C11H16NP.C2H6/c1-12-7-8-13(10-12)9-11-5-3-2-4-6-11;1-2/h2-6H,7-10H2,1H3;1-2H3/t13-;/m1./s1. The molecule has 1 heterocycles. The van der Waals surface area contributed by atoms with Crippen molar-refractivity contribution >= 4 is 7.92 Å². The van der Waals surface area contributed by atoms with Gasteiger partial charge < -0.3 is 4.90 Å². The van der Waals surface area contributed by atoms with Crippen molar-refractivity contribution in [2.75, 3.05) is 26.0 Å². The molecule has 0 bridgehead atoms. The molecule has 0 saturated carbocycles. The zero-order chi connectivity index (χ0) is 11.1. The van der Waals surface area contributed by atoms with Crippen molar-refractivity contribution in [2.45, 2.75) is 20.0 Å². The number of nitrogens with zero attached hydrogens (tertiary/aromatic N) is 1. The van der Waals surface area contributed by atoms with Crippen LogP contribution in [-0.4, -0.2) is 30.9 Å². The van der Waals surface area contributed by atoms with Crippen LogP contribution in [0.15, 0.2) is 30.3 Å². The Balaban J connectivity index is 0.000000531. The summed E-state index contributed by atoms with van der Waals surface area (Å²) < 4.78 is 0. The molecule has 2 heteroatoms. The van der Waals surface area contributed by atoms with Crippen LogP contribution in [0, 0.1) is 0 Å². The molecule has 0 radical (unpaired) electrons. The second-order valence-electron chi connectivity index (χ2n) is 3.76. The highest BCUT2D eigenvalue weighted by Gasteiger charge is 2.18. The molecule has 1 saturated heterocycles. The first kappa shape index (κ1) is 12.7. The van der Waals surface area contributed by atoms with Crippen molar-refractivity contribution in [3.8, 4) is 0 Å². The van der Waals surface area contributed by atoms with Crippen LogP contribution in [0.3, 0.4) is 0 Å². The SMILES string of the molecule is CC.CN1CC[P@](Cc2ccccc2)C1. The summed E-state index contributed by atoms with van der Waals surface area (Å²) in [5, 5.41) is 0. The molecule has 1 nitrogen and oxygen atoms in total. The molecule has 1 aromatic rings. The van der Waals surface area contributed by atoms with E-state index in [1.165, 1.54) is 30.7 Å². The Morgan fingerprint density at radius 1 is 1.20 bits per heavy atom. The van der Waals surface area contributed by atoms with Crippen molar-refractivity contribution in [2.24, 2.45) is 0 Å². The molecule has 0 aliphatic carbocycles. The van der Waals surface area contributed by atoms with Crippen LogP contribution in [0.25, 0.3) is 0 Å². The van der Waals surface area contributed by atoms with Crippen molar-refractivity contribution < 1.29 is 0 Å². The lowest BCUT2D eigenvalue weighted by atomic mass is 10.2. The average Bonchev–Trinajstić information content (AvgIpc) is 2.68. The van der Waals surface area contributed by atoms with E-state index < -0.39 is 0 Å². The average molecular weight is 223 g/mol. The molecule has 0 N–H and O–H groups in total. The first-order valence-corrected chi connectivity index (χ1v) is 7.69. The summed E-state index contributed by atoms with van der Waals surface area (Å²) in [5.41, 5.74) is 1.52. The molecule has 0 aromatic heterocycles. The normalized spacial score (nSPS) is 20.9. The highest BCUT2D eigenvalue weighted by Crippen LogP contribution is 2.43. The van der Waals surface area contributed by atoms with Gasteiger partial charge in [0.25, 0.3) is 0 Å². The number of rotatable bonds is 2. The van der Waals surface area contributed by atoms with Gasteiger partial charge in [-0.2, -0.15) is 0 Å². The summed E-state index contributed by atoms with van der Waals surface area (Å²) >= 11 is 0. The van der Waals surface area contributed by atoms with Crippen LogP contribution in [0.2, 0.25) is 0 Å². The fourth-order valence-corrected chi connectivity index (χ4v) is 4.34. The van der Waals surface area contributed by atoms with Gasteiger partial charge in [-0.25, -0.2) is 0 Å². The predicted molar refractivity (Wildman–Crippen MR) is 70.8 cm³/mol. The largest absolute Gasteiger partial charge is 0.302 e. The van der Waals surface area contributed by atoms with E-state index in [1.54, 1.807) is 0 Å². The third-order valence-electron chi connectivity index (χ3n) is 2.49. The molecular formula is C13H22NP. The van der Waals surface area contributed by atoms with Crippen LogP contribution in [0.4, 0.5) is 0 Å². The van der Waals surface area contributed by atoms with Gasteiger partial charge >= 0.3 is 0 Å². The number of benzene rings is 1. The zero-order valence-corrected chi connectivity index (χ0v) is 11.0. The monoisotopic (exact) mass is 223 g/mol. The van der Waals surface area contributed by atoms with Crippen LogP contribution in [0.1, 0.15) is 19.4 Å². The zero-order valence-electron chi connectivity index (χ0n) is 10.1. The second-order valence-corrected chi connectivity index (χ2v) is 6.15. The Morgan fingerprint density at radius 3 is 2.40 bits per heavy atom. The predicted octanol–water partition coefficient (Wildman–Crippen LogP) is 3.60. The minimum absolute atomic E-state index is 0.265. The van der Waals surface area contributed by atoms with Gasteiger partial charge in [0.15, 0.2) is 0 Å². The molecule has 84 valence electrons. The summed E-state index contributed by atoms with van der Waals surface area (Å²) in [4.78, 5) is 2.45. The van der Waals surface area contributed by atoms with E-state index in [4.69, 9.17) is 0 Å². The molecule has 1 aliphatic heterocycles. The van der Waals surface area contributed by atoms with Gasteiger partial charge in [-0.3, -0.25) is 0 Å². The van der Waals surface area contributed by atoms with Crippen LogP contribution in [-0.2, 0) is 6.16 Å². The highest BCUT2D eigenvalue weighted by molar-refractivity contribution is 7.57. The lowest BCUT2D eigenvalue weighted by Crippen LogP contribution is -2.11. The van der Waals surface area contributed by atoms with Crippen molar-refractivity contribution in [1.82, 2.24) is 4.90 Å². The lowest BCUT2D eigenvalue weighted by molar-refractivity contribution is 0.437. The van der Waals surface area contributed by atoms with Gasteiger partial charge in [-0.15, -0.1) is 0 Å². The van der Waals surface area contributed by atoms with E-state index >= 15 is 0 Å². The molecule has 2 rings (SSSR count). The Kier molecular flexibility index (Phi) is 5.90. The molecule has 1 fully saturated rings. The van der Waals surface area contributed by atoms with Gasteiger partial charge in [0, 0.05) is 12.8 Å². The lowest BCUT2D eigenvalue weighted by Gasteiger charge is -2.10. The minimum atomic E-state index is 0.265. The maximum atomic E-state index is 2.45. The van der Waals surface area contributed by atoms with Crippen molar-refractivity contribution in [3.63, 3.8) is 0 Å². The fraction of sp³-hybridized carbons (Fsp3) is 0.538. The van der Waals surface area contributed by atoms with Gasteiger partial charge in [0.1, 0.15) is 0 Å². The molecule has 0 spiro atoms. The molecule has 1 atom stereocenters. The van der Waals surface area contributed by atoms with Gasteiger partial charge in [-0.1, -0.05) is 52.1 Å².